The lowest BCUT2D eigenvalue weighted by atomic mass is 9.99. The van der Waals surface area contributed by atoms with Gasteiger partial charge in [0.1, 0.15) is 0 Å². The predicted octanol–water partition coefficient (Wildman–Crippen LogP) is 0.463. The summed E-state index contributed by atoms with van der Waals surface area (Å²) in [6, 6.07) is -0.165. The molecule has 104 valence electrons. The Morgan fingerprint density at radius 2 is 2.00 bits per heavy atom. The summed E-state index contributed by atoms with van der Waals surface area (Å²) < 4.78 is 0. The Balaban J connectivity index is 2.64. The molecule has 0 aromatic heterocycles. The number of hydrogen-bond acceptors (Lipinski definition) is 3. The van der Waals surface area contributed by atoms with Gasteiger partial charge in [-0.1, -0.05) is 13.8 Å². The standard InChI is InChI=1S/C12H22N2O4/c1-3-4-13(5-6-15)12(18)14-7-9(2)10(8-14)11(16)17/h9-10,15H,3-8H2,1-2H3,(H,16,17). The number of nitrogens with zero attached hydrogens (tertiary/aromatic N) is 2. The van der Waals surface area contributed by atoms with Crippen molar-refractivity contribution < 1.29 is 19.8 Å². The molecular weight excluding hydrogens is 236 g/mol. The van der Waals surface area contributed by atoms with Gasteiger partial charge in [0.15, 0.2) is 0 Å². The molecule has 0 saturated carbocycles. The van der Waals surface area contributed by atoms with E-state index >= 15 is 0 Å². The van der Waals surface area contributed by atoms with Crippen LogP contribution >= 0.6 is 0 Å². The van der Waals surface area contributed by atoms with Crippen LogP contribution in [0.5, 0.6) is 0 Å². The lowest BCUT2D eigenvalue weighted by Gasteiger charge is -2.27. The highest BCUT2D eigenvalue weighted by atomic mass is 16.4. The minimum absolute atomic E-state index is 0.0240. The van der Waals surface area contributed by atoms with Crippen molar-refractivity contribution >= 4 is 12.0 Å². The topological polar surface area (TPSA) is 81.1 Å². The van der Waals surface area contributed by atoms with Crippen LogP contribution in [-0.4, -0.2) is 64.8 Å². The third-order valence-electron chi connectivity index (χ3n) is 3.33. The number of rotatable bonds is 5. The summed E-state index contributed by atoms with van der Waals surface area (Å²) >= 11 is 0. The van der Waals surface area contributed by atoms with Crippen LogP contribution in [0.3, 0.4) is 0 Å². The van der Waals surface area contributed by atoms with Gasteiger partial charge in [0, 0.05) is 26.2 Å². The molecule has 1 rings (SSSR count). The zero-order valence-corrected chi connectivity index (χ0v) is 11.0. The second kappa shape index (κ2) is 6.58. The maximum Gasteiger partial charge on any atom is 0.320 e. The van der Waals surface area contributed by atoms with Crippen molar-refractivity contribution in [1.29, 1.82) is 0 Å². The van der Waals surface area contributed by atoms with E-state index in [4.69, 9.17) is 10.2 Å². The Kier molecular flexibility index (Phi) is 5.40. The first-order chi connectivity index (χ1) is 8.51. The van der Waals surface area contributed by atoms with E-state index in [9.17, 15) is 9.59 Å². The van der Waals surface area contributed by atoms with Crippen molar-refractivity contribution in [3.8, 4) is 0 Å². The highest BCUT2D eigenvalue weighted by Gasteiger charge is 2.38. The fraction of sp³-hybridized carbons (Fsp3) is 0.833. The van der Waals surface area contributed by atoms with E-state index in [0.717, 1.165) is 6.42 Å². The van der Waals surface area contributed by atoms with Gasteiger partial charge >= 0.3 is 12.0 Å². The summed E-state index contributed by atoms with van der Waals surface area (Å²) in [5.41, 5.74) is 0. The molecule has 0 bridgehead atoms. The van der Waals surface area contributed by atoms with Gasteiger partial charge in [-0.25, -0.2) is 4.79 Å². The van der Waals surface area contributed by atoms with Crippen molar-refractivity contribution in [2.45, 2.75) is 20.3 Å². The number of carboxylic acid groups (broad SMARTS) is 1. The Morgan fingerprint density at radius 1 is 1.33 bits per heavy atom. The summed E-state index contributed by atoms with van der Waals surface area (Å²) in [7, 11) is 0. The zero-order chi connectivity index (χ0) is 13.7. The second-order valence-corrected chi connectivity index (χ2v) is 4.82. The van der Waals surface area contributed by atoms with Crippen molar-refractivity contribution in [3.05, 3.63) is 0 Å². The van der Waals surface area contributed by atoms with E-state index in [1.165, 1.54) is 0 Å². The normalized spacial score (nSPS) is 23.2. The van der Waals surface area contributed by atoms with Crippen molar-refractivity contribution in [3.63, 3.8) is 0 Å². The lowest BCUT2D eigenvalue weighted by Crippen LogP contribution is -2.44. The first kappa shape index (κ1) is 14.8. The number of carboxylic acids is 1. The molecule has 18 heavy (non-hydrogen) atoms. The van der Waals surface area contributed by atoms with Crippen LogP contribution in [0.4, 0.5) is 4.79 Å². The summed E-state index contributed by atoms with van der Waals surface area (Å²) in [6.45, 7) is 5.36. The van der Waals surface area contributed by atoms with Gasteiger partial charge in [-0.05, 0) is 12.3 Å². The second-order valence-electron chi connectivity index (χ2n) is 4.82. The molecule has 1 heterocycles. The highest BCUT2D eigenvalue weighted by molar-refractivity contribution is 5.77. The summed E-state index contributed by atoms with van der Waals surface area (Å²) in [5, 5.41) is 18.0. The molecule has 1 saturated heterocycles. The van der Waals surface area contributed by atoms with Crippen molar-refractivity contribution in [2.75, 3.05) is 32.8 Å². The molecule has 2 amide bonds. The minimum atomic E-state index is -0.845. The van der Waals surface area contributed by atoms with Crippen LogP contribution in [-0.2, 0) is 4.79 Å². The summed E-state index contributed by atoms with van der Waals surface area (Å²) in [4.78, 5) is 26.4. The number of carbonyl (C=O) groups is 2. The first-order valence-corrected chi connectivity index (χ1v) is 6.38. The van der Waals surface area contributed by atoms with Gasteiger partial charge in [-0.15, -0.1) is 0 Å². The maximum atomic E-state index is 12.2. The molecule has 0 aromatic carbocycles. The molecule has 0 radical (unpaired) electrons. The van der Waals surface area contributed by atoms with E-state index in [1.54, 1.807) is 9.80 Å². The minimum Gasteiger partial charge on any atom is -0.481 e. The number of aliphatic hydroxyl groups excluding tert-OH is 1. The number of likely N-dealkylation sites (tertiary alicyclic amines) is 1. The lowest BCUT2D eigenvalue weighted by molar-refractivity contribution is -0.142. The third kappa shape index (κ3) is 3.35. The molecule has 6 heteroatoms. The summed E-state index contributed by atoms with van der Waals surface area (Å²) in [6.07, 6.45) is 0.817. The average Bonchev–Trinajstić information content (AvgIpc) is 2.70. The first-order valence-electron chi connectivity index (χ1n) is 6.38. The van der Waals surface area contributed by atoms with Gasteiger partial charge in [0.2, 0.25) is 0 Å². The number of carbonyl (C=O) groups excluding carboxylic acids is 1. The molecule has 2 atom stereocenters. The van der Waals surface area contributed by atoms with Crippen LogP contribution < -0.4 is 0 Å². The molecule has 1 aliphatic rings. The molecule has 2 N–H and O–H groups in total. The molecule has 0 aliphatic carbocycles. The maximum absolute atomic E-state index is 12.2. The zero-order valence-electron chi connectivity index (χ0n) is 11.0. The van der Waals surface area contributed by atoms with Gasteiger partial charge in [0.25, 0.3) is 0 Å². The average molecular weight is 258 g/mol. The van der Waals surface area contributed by atoms with E-state index in [2.05, 4.69) is 0 Å². The quantitative estimate of drug-likeness (QED) is 0.751. The molecule has 0 spiro atoms. The Hall–Kier alpha value is -1.30. The highest BCUT2D eigenvalue weighted by Crippen LogP contribution is 2.24. The van der Waals surface area contributed by atoms with Crippen LogP contribution in [0, 0.1) is 11.8 Å². The fourth-order valence-electron chi connectivity index (χ4n) is 2.34. The molecule has 1 fully saturated rings. The van der Waals surface area contributed by atoms with Gasteiger partial charge in [-0.2, -0.15) is 0 Å². The molecule has 1 aliphatic heterocycles. The van der Waals surface area contributed by atoms with Gasteiger partial charge in [-0.3, -0.25) is 4.79 Å². The number of hydrogen-bond donors (Lipinski definition) is 2. The van der Waals surface area contributed by atoms with E-state index in [0.29, 0.717) is 19.6 Å². The van der Waals surface area contributed by atoms with Crippen LogP contribution in [0.1, 0.15) is 20.3 Å². The van der Waals surface area contributed by atoms with Crippen LogP contribution in [0.2, 0.25) is 0 Å². The largest absolute Gasteiger partial charge is 0.481 e. The Labute approximate surface area is 107 Å². The molecular formula is C12H22N2O4. The number of aliphatic hydroxyl groups is 1. The van der Waals surface area contributed by atoms with E-state index < -0.39 is 11.9 Å². The van der Waals surface area contributed by atoms with E-state index in [1.807, 2.05) is 13.8 Å². The van der Waals surface area contributed by atoms with Gasteiger partial charge in [0.05, 0.1) is 12.5 Å². The van der Waals surface area contributed by atoms with Crippen molar-refractivity contribution in [1.82, 2.24) is 9.80 Å². The molecule has 0 aromatic rings. The third-order valence-corrected chi connectivity index (χ3v) is 3.33. The molecule has 2 unspecified atom stereocenters. The fourth-order valence-corrected chi connectivity index (χ4v) is 2.34. The smallest absolute Gasteiger partial charge is 0.320 e. The Bertz CT molecular complexity index is 302. The van der Waals surface area contributed by atoms with E-state index in [-0.39, 0.29) is 25.1 Å². The summed E-state index contributed by atoms with van der Waals surface area (Å²) in [5.74, 6) is -1.35. The van der Waals surface area contributed by atoms with Crippen LogP contribution in [0.25, 0.3) is 0 Å². The molecule has 6 nitrogen and oxygen atoms in total. The number of urea groups is 1. The van der Waals surface area contributed by atoms with Gasteiger partial charge < -0.3 is 20.0 Å². The predicted molar refractivity (Wildman–Crippen MR) is 66.2 cm³/mol. The SMILES string of the molecule is CCCN(CCO)C(=O)N1CC(C)C(C(=O)O)C1. The number of amides is 2. The van der Waals surface area contributed by atoms with Crippen molar-refractivity contribution in [2.24, 2.45) is 11.8 Å². The Morgan fingerprint density at radius 3 is 2.44 bits per heavy atom. The monoisotopic (exact) mass is 258 g/mol. The van der Waals surface area contributed by atoms with Crippen LogP contribution in [0.15, 0.2) is 0 Å². The number of aliphatic carboxylic acids is 1.